The van der Waals surface area contributed by atoms with Crippen molar-refractivity contribution in [3.63, 3.8) is 0 Å². The van der Waals surface area contributed by atoms with Gasteiger partial charge < -0.3 is 4.90 Å². The first kappa shape index (κ1) is 17.2. The molecule has 5 heteroatoms. The molecular formula is C21H24FN3O. The largest absolute Gasteiger partial charge is 0.338 e. The summed E-state index contributed by atoms with van der Waals surface area (Å²) in [6, 6.07) is 10.5. The number of hydrogen-bond donors (Lipinski definition) is 0. The molecule has 1 aromatic carbocycles. The maximum absolute atomic E-state index is 13.2. The molecule has 2 aliphatic heterocycles. The van der Waals surface area contributed by atoms with Crippen LogP contribution >= 0.6 is 0 Å². The van der Waals surface area contributed by atoms with Crippen LogP contribution in [0, 0.1) is 11.2 Å². The third kappa shape index (κ3) is 3.49. The van der Waals surface area contributed by atoms with Crippen molar-refractivity contribution in [1.29, 1.82) is 0 Å². The molecular weight excluding hydrogens is 329 g/mol. The summed E-state index contributed by atoms with van der Waals surface area (Å²) in [4.78, 5) is 21.7. The highest BCUT2D eigenvalue weighted by Gasteiger charge is 2.48. The molecule has 4 nitrogen and oxygen atoms in total. The molecule has 0 unspecified atom stereocenters. The molecule has 0 N–H and O–H groups in total. The number of piperidine rings is 1. The Labute approximate surface area is 153 Å². The second-order valence-corrected chi connectivity index (χ2v) is 7.55. The number of likely N-dealkylation sites (tertiary alicyclic amines) is 2. The molecule has 0 aliphatic carbocycles. The summed E-state index contributed by atoms with van der Waals surface area (Å²) in [6.07, 6.45) is 6.57. The van der Waals surface area contributed by atoms with Crippen molar-refractivity contribution in [3.05, 3.63) is 65.7 Å². The number of nitrogens with zero attached hydrogens (tertiary/aromatic N) is 3. The number of hydrogen-bond acceptors (Lipinski definition) is 3. The van der Waals surface area contributed by atoms with Gasteiger partial charge in [-0.15, -0.1) is 0 Å². The Morgan fingerprint density at radius 2 is 1.69 bits per heavy atom. The van der Waals surface area contributed by atoms with E-state index in [1.54, 1.807) is 12.1 Å². The first-order chi connectivity index (χ1) is 12.6. The summed E-state index contributed by atoms with van der Waals surface area (Å²) in [6.45, 7) is 4.02. The van der Waals surface area contributed by atoms with Crippen LogP contribution in [-0.4, -0.2) is 40.3 Å². The van der Waals surface area contributed by atoms with E-state index in [-0.39, 0.29) is 17.1 Å². The van der Waals surface area contributed by atoms with Crippen molar-refractivity contribution in [1.82, 2.24) is 14.8 Å². The minimum Gasteiger partial charge on any atom is -0.338 e. The molecule has 0 saturated carbocycles. The average molecular weight is 353 g/mol. The molecule has 26 heavy (non-hydrogen) atoms. The zero-order chi connectivity index (χ0) is 18.0. The van der Waals surface area contributed by atoms with Crippen LogP contribution in [0.2, 0.25) is 0 Å². The molecule has 136 valence electrons. The lowest BCUT2D eigenvalue weighted by molar-refractivity contribution is -0.146. The average Bonchev–Trinajstić information content (AvgIpc) is 3.05. The first-order valence-corrected chi connectivity index (χ1v) is 9.30. The first-order valence-electron chi connectivity index (χ1n) is 9.30. The number of amides is 1. The van der Waals surface area contributed by atoms with Crippen LogP contribution in [0.4, 0.5) is 4.39 Å². The number of aromatic nitrogens is 1. The van der Waals surface area contributed by atoms with Crippen LogP contribution in [0.15, 0.2) is 48.8 Å². The molecule has 1 atom stereocenters. The molecule has 0 bridgehead atoms. The van der Waals surface area contributed by atoms with E-state index in [0.29, 0.717) is 6.54 Å². The van der Waals surface area contributed by atoms with Gasteiger partial charge in [0.05, 0.1) is 5.41 Å². The van der Waals surface area contributed by atoms with Crippen LogP contribution in [0.3, 0.4) is 0 Å². The minimum atomic E-state index is -0.245. The number of carbonyl (C=O) groups excluding carboxylic acids is 1. The summed E-state index contributed by atoms with van der Waals surface area (Å²) in [7, 11) is 0. The second-order valence-electron chi connectivity index (χ2n) is 7.55. The van der Waals surface area contributed by atoms with Gasteiger partial charge in [-0.25, -0.2) is 4.39 Å². The maximum Gasteiger partial charge on any atom is 0.230 e. The van der Waals surface area contributed by atoms with Crippen LogP contribution in [-0.2, 0) is 17.9 Å². The lowest BCUT2D eigenvalue weighted by Crippen LogP contribution is -2.49. The van der Waals surface area contributed by atoms with E-state index in [4.69, 9.17) is 0 Å². The van der Waals surface area contributed by atoms with Crippen LogP contribution in [0.1, 0.15) is 30.4 Å². The summed E-state index contributed by atoms with van der Waals surface area (Å²) in [5.41, 5.74) is 1.98. The van der Waals surface area contributed by atoms with Crippen molar-refractivity contribution in [2.24, 2.45) is 5.41 Å². The van der Waals surface area contributed by atoms with Gasteiger partial charge in [0.2, 0.25) is 5.91 Å². The summed E-state index contributed by atoms with van der Waals surface area (Å²) in [5.74, 6) is 0.0306. The van der Waals surface area contributed by atoms with E-state index in [9.17, 15) is 9.18 Å². The second kappa shape index (κ2) is 7.16. The molecule has 2 fully saturated rings. The van der Waals surface area contributed by atoms with Crippen molar-refractivity contribution in [2.45, 2.75) is 32.4 Å². The molecule has 2 aromatic rings. The summed E-state index contributed by atoms with van der Waals surface area (Å²) in [5, 5.41) is 0. The number of benzene rings is 1. The van der Waals surface area contributed by atoms with E-state index in [1.807, 2.05) is 29.4 Å². The highest BCUT2D eigenvalue weighted by atomic mass is 19.1. The molecule has 4 rings (SSSR count). The predicted octanol–water partition coefficient (Wildman–Crippen LogP) is 3.24. The van der Waals surface area contributed by atoms with E-state index in [0.717, 1.165) is 51.0 Å². The predicted molar refractivity (Wildman–Crippen MR) is 97.6 cm³/mol. The fourth-order valence-electron chi connectivity index (χ4n) is 4.33. The highest BCUT2D eigenvalue weighted by Crippen LogP contribution is 2.40. The Morgan fingerprint density at radius 1 is 0.962 bits per heavy atom. The summed E-state index contributed by atoms with van der Waals surface area (Å²) >= 11 is 0. The smallest absolute Gasteiger partial charge is 0.230 e. The SMILES string of the molecule is O=C1N(Cc2ccc(F)cc2)CCC[C@@]12CCN(Cc1ccncc1)C2. The van der Waals surface area contributed by atoms with Gasteiger partial charge in [0.1, 0.15) is 5.82 Å². The molecule has 1 amide bonds. The fraction of sp³-hybridized carbons (Fsp3) is 0.429. The standard InChI is InChI=1S/C21H24FN3O/c22-19-4-2-17(3-5-19)15-25-12-1-8-21(20(25)26)9-13-24(16-21)14-18-6-10-23-11-7-18/h2-7,10-11H,1,8-9,12-16H2/t21-/m0/s1. The van der Waals surface area contributed by atoms with Crippen molar-refractivity contribution in [2.75, 3.05) is 19.6 Å². The van der Waals surface area contributed by atoms with Gasteiger partial charge in [0.15, 0.2) is 0 Å². The van der Waals surface area contributed by atoms with Crippen LogP contribution in [0.5, 0.6) is 0 Å². The van der Waals surface area contributed by atoms with Gasteiger partial charge in [0.25, 0.3) is 0 Å². The zero-order valence-electron chi connectivity index (χ0n) is 14.9. The lowest BCUT2D eigenvalue weighted by atomic mass is 9.78. The number of pyridine rings is 1. The molecule has 0 radical (unpaired) electrons. The van der Waals surface area contributed by atoms with Crippen molar-refractivity contribution < 1.29 is 9.18 Å². The number of halogens is 1. The normalized spacial score (nSPS) is 23.7. The Kier molecular flexibility index (Phi) is 4.72. The third-order valence-corrected chi connectivity index (χ3v) is 5.70. The summed E-state index contributed by atoms with van der Waals surface area (Å²) < 4.78 is 13.1. The molecule has 1 spiro atoms. The Morgan fingerprint density at radius 3 is 2.46 bits per heavy atom. The van der Waals surface area contributed by atoms with Gasteiger partial charge in [-0.2, -0.15) is 0 Å². The maximum atomic E-state index is 13.2. The molecule has 2 saturated heterocycles. The van der Waals surface area contributed by atoms with Gasteiger partial charge in [-0.1, -0.05) is 12.1 Å². The van der Waals surface area contributed by atoms with E-state index >= 15 is 0 Å². The fourth-order valence-corrected chi connectivity index (χ4v) is 4.33. The topological polar surface area (TPSA) is 36.4 Å². The lowest BCUT2D eigenvalue weighted by Gasteiger charge is -2.39. The van der Waals surface area contributed by atoms with Gasteiger partial charge in [-0.05, 0) is 61.2 Å². The van der Waals surface area contributed by atoms with Crippen LogP contribution < -0.4 is 0 Å². The van der Waals surface area contributed by atoms with Gasteiger partial charge in [0, 0.05) is 38.6 Å². The number of carbonyl (C=O) groups is 1. The zero-order valence-corrected chi connectivity index (χ0v) is 14.9. The van der Waals surface area contributed by atoms with Gasteiger partial charge in [-0.3, -0.25) is 14.7 Å². The van der Waals surface area contributed by atoms with Crippen molar-refractivity contribution in [3.8, 4) is 0 Å². The van der Waals surface area contributed by atoms with E-state index < -0.39 is 0 Å². The highest BCUT2D eigenvalue weighted by molar-refractivity contribution is 5.84. The van der Waals surface area contributed by atoms with Crippen LogP contribution in [0.25, 0.3) is 0 Å². The quantitative estimate of drug-likeness (QED) is 0.847. The minimum absolute atomic E-state index is 0.238. The van der Waals surface area contributed by atoms with E-state index in [1.165, 1.54) is 17.7 Å². The monoisotopic (exact) mass is 353 g/mol. The Bertz CT molecular complexity index is 765. The third-order valence-electron chi connectivity index (χ3n) is 5.70. The molecule has 1 aromatic heterocycles. The van der Waals surface area contributed by atoms with E-state index in [2.05, 4.69) is 9.88 Å². The molecule has 2 aliphatic rings. The Hall–Kier alpha value is -2.27. The Balaban J connectivity index is 1.43. The number of rotatable bonds is 4. The van der Waals surface area contributed by atoms with Crippen molar-refractivity contribution >= 4 is 5.91 Å². The molecule has 3 heterocycles. The van der Waals surface area contributed by atoms with Gasteiger partial charge >= 0.3 is 0 Å².